The monoisotopic (exact) mass is 232 g/mol. The maximum Gasteiger partial charge on any atom is 0.365 e. The van der Waals surface area contributed by atoms with Gasteiger partial charge in [-0.15, -0.1) is 0 Å². The topological polar surface area (TPSA) is 51.9 Å². The summed E-state index contributed by atoms with van der Waals surface area (Å²) in [7, 11) is 0. The number of rotatable bonds is 4. The second-order valence-electron chi connectivity index (χ2n) is 3.87. The summed E-state index contributed by atoms with van der Waals surface area (Å²) < 4.78 is 2.94. The quantitative estimate of drug-likeness (QED) is 0.871. The Balaban J connectivity index is 2.30. The van der Waals surface area contributed by atoms with E-state index in [0.29, 0.717) is 12.4 Å². The Morgan fingerprint density at radius 2 is 2.00 bits per heavy atom. The summed E-state index contributed by atoms with van der Waals surface area (Å²) in [6.45, 7) is 4.47. The van der Waals surface area contributed by atoms with E-state index in [9.17, 15) is 4.79 Å². The van der Waals surface area contributed by atoms with E-state index in [4.69, 9.17) is 0 Å². The molecule has 1 aromatic heterocycles. The van der Waals surface area contributed by atoms with Gasteiger partial charge in [-0.2, -0.15) is 9.77 Å². The predicted octanol–water partition coefficient (Wildman–Crippen LogP) is 1.64. The van der Waals surface area contributed by atoms with E-state index in [1.807, 2.05) is 44.2 Å². The van der Waals surface area contributed by atoms with Gasteiger partial charge in [0.05, 0.1) is 5.69 Å². The molecule has 0 aliphatic heterocycles. The minimum Gasteiger partial charge on any atom is -0.289 e. The van der Waals surface area contributed by atoms with Crippen molar-refractivity contribution in [3.05, 3.63) is 46.6 Å². The molecule has 0 fully saturated rings. The van der Waals surface area contributed by atoms with Gasteiger partial charge in [0.2, 0.25) is 0 Å². The van der Waals surface area contributed by atoms with Gasteiger partial charge in [-0.1, -0.05) is 25.1 Å². The molecule has 0 radical (unpaired) electrons. The van der Waals surface area contributed by atoms with Crippen molar-refractivity contribution >= 4 is 5.69 Å². The first kappa shape index (κ1) is 11.4. The lowest BCUT2D eigenvalue weighted by Gasteiger charge is -2.06. The van der Waals surface area contributed by atoms with Gasteiger partial charge >= 0.3 is 5.69 Å². The van der Waals surface area contributed by atoms with Crippen molar-refractivity contribution < 1.29 is 0 Å². The average molecular weight is 232 g/mol. The van der Waals surface area contributed by atoms with Crippen LogP contribution in [0.15, 0.2) is 35.1 Å². The highest BCUT2D eigenvalue weighted by Gasteiger charge is 2.08. The summed E-state index contributed by atoms with van der Waals surface area (Å²) in [5.41, 5.74) is 3.78. The van der Waals surface area contributed by atoms with E-state index in [0.717, 1.165) is 12.1 Å². The molecule has 90 valence electrons. The van der Waals surface area contributed by atoms with Gasteiger partial charge in [0.1, 0.15) is 0 Å². The second kappa shape index (κ2) is 4.86. The van der Waals surface area contributed by atoms with E-state index in [1.54, 1.807) is 0 Å². The first-order chi connectivity index (χ1) is 8.22. The number of aryl methyl sites for hydroxylation is 2. The Kier molecular flexibility index (Phi) is 3.27. The summed E-state index contributed by atoms with van der Waals surface area (Å²) in [5, 5.41) is 4.20. The van der Waals surface area contributed by atoms with Crippen molar-refractivity contribution in [1.82, 2.24) is 14.5 Å². The first-order valence-corrected chi connectivity index (χ1v) is 5.71. The lowest BCUT2D eigenvalue weighted by molar-refractivity contribution is 0.574. The summed E-state index contributed by atoms with van der Waals surface area (Å²) >= 11 is 0. The SMILES string of the molecule is CCCn1nc(C)n(Nc2ccccc2)c1=O. The van der Waals surface area contributed by atoms with Crippen molar-refractivity contribution in [2.24, 2.45) is 0 Å². The summed E-state index contributed by atoms with van der Waals surface area (Å²) in [5.74, 6) is 0.660. The predicted molar refractivity (Wildman–Crippen MR) is 67.0 cm³/mol. The maximum atomic E-state index is 12.0. The number of hydrogen-bond donors (Lipinski definition) is 1. The van der Waals surface area contributed by atoms with Crippen LogP contribution in [0.3, 0.4) is 0 Å². The molecule has 0 saturated heterocycles. The number of aromatic nitrogens is 3. The largest absolute Gasteiger partial charge is 0.365 e. The van der Waals surface area contributed by atoms with Gasteiger partial charge in [-0.25, -0.2) is 9.48 Å². The number of nitrogens with one attached hydrogen (secondary N) is 1. The summed E-state index contributed by atoms with van der Waals surface area (Å²) in [6.07, 6.45) is 0.891. The normalized spacial score (nSPS) is 10.5. The van der Waals surface area contributed by atoms with Crippen molar-refractivity contribution in [3.63, 3.8) is 0 Å². The van der Waals surface area contributed by atoms with E-state index >= 15 is 0 Å². The lowest BCUT2D eigenvalue weighted by Crippen LogP contribution is -2.29. The van der Waals surface area contributed by atoms with E-state index < -0.39 is 0 Å². The molecule has 0 saturated carbocycles. The zero-order valence-electron chi connectivity index (χ0n) is 10.1. The highest BCUT2D eigenvalue weighted by atomic mass is 16.2. The van der Waals surface area contributed by atoms with Crippen LogP contribution >= 0.6 is 0 Å². The molecular weight excluding hydrogens is 216 g/mol. The Hall–Kier alpha value is -2.04. The van der Waals surface area contributed by atoms with E-state index in [1.165, 1.54) is 9.36 Å². The molecule has 0 amide bonds. The fourth-order valence-electron chi connectivity index (χ4n) is 1.64. The Bertz CT molecular complexity index is 541. The number of para-hydroxylation sites is 1. The van der Waals surface area contributed by atoms with Crippen LogP contribution < -0.4 is 11.1 Å². The Labute approximate surface area is 99.7 Å². The third-order valence-corrected chi connectivity index (χ3v) is 2.45. The molecule has 17 heavy (non-hydrogen) atoms. The molecular formula is C12H16N4O. The maximum absolute atomic E-state index is 12.0. The van der Waals surface area contributed by atoms with Crippen molar-refractivity contribution in [1.29, 1.82) is 0 Å². The van der Waals surface area contributed by atoms with Crippen LogP contribution in [0.2, 0.25) is 0 Å². The highest BCUT2D eigenvalue weighted by Crippen LogP contribution is 2.05. The average Bonchev–Trinajstić information content (AvgIpc) is 2.59. The van der Waals surface area contributed by atoms with Crippen LogP contribution in [0.25, 0.3) is 0 Å². The molecule has 5 heteroatoms. The number of nitrogens with zero attached hydrogens (tertiary/aromatic N) is 3. The molecule has 2 aromatic rings. The summed E-state index contributed by atoms with van der Waals surface area (Å²) in [6, 6.07) is 9.58. The van der Waals surface area contributed by atoms with Crippen LogP contribution in [0, 0.1) is 6.92 Å². The number of hydrogen-bond acceptors (Lipinski definition) is 3. The molecule has 0 unspecified atom stereocenters. The third-order valence-electron chi connectivity index (χ3n) is 2.45. The minimum atomic E-state index is -0.131. The van der Waals surface area contributed by atoms with Crippen LogP contribution in [-0.4, -0.2) is 14.5 Å². The summed E-state index contributed by atoms with van der Waals surface area (Å²) in [4.78, 5) is 12.0. The van der Waals surface area contributed by atoms with E-state index in [-0.39, 0.29) is 5.69 Å². The molecule has 1 heterocycles. The van der Waals surface area contributed by atoms with Crippen LogP contribution in [0.4, 0.5) is 5.69 Å². The molecule has 0 spiro atoms. The standard InChI is InChI=1S/C12H16N4O/c1-3-9-15-12(17)16(10(2)13-15)14-11-7-5-4-6-8-11/h4-8,14H,3,9H2,1-2H3. The van der Waals surface area contributed by atoms with Crippen molar-refractivity contribution in [2.75, 3.05) is 5.43 Å². The fraction of sp³-hybridized carbons (Fsp3) is 0.333. The number of anilines is 1. The molecule has 0 bridgehead atoms. The fourth-order valence-corrected chi connectivity index (χ4v) is 1.64. The lowest BCUT2D eigenvalue weighted by atomic mass is 10.3. The zero-order valence-corrected chi connectivity index (χ0v) is 10.1. The molecule has 0 aliphatic rings. The molecule has 0 atom stereocenters. The number of benzene rings is 1. The van der Waals surface area contributed by atoms with Gasteiger partial charge in [-0.05, 0) is 25.5 Å². The van der Waals surface area contributed by atoms with Crippen molar-refractivity contribution in [2.45, 2.75) is 26.8 Å². The van der Waals surface area contributed by atoms with Crippen LogP contribution in [0.5, 0.6) is 0 Å². The van der Waals surface area contributed by atoms with Gasteiger partial charge in [-0.3, -0.25) is 5.43 Å². The van der Waals surface area contributed by atoms with Crippen LogP contribution in [0.1, 0.15) is 19.2 Å². The van der Waals surface area contributed by atoms with Gasteiger partial charge in [0.25, 0.3) is 0 Å². The minimum absolute atomic E-state index is 0.131. The smallest absolute Gasteiger partial charge is 0.289 e. The first-order valence-electron chi connectivity index (χ1n) is 5.71. The second-order valence-corrected chi connectivity index (χ2v) is 3.87. The Morgan fingerprint density at radius 1 is 1.29 bits per heavy atom. The van der Waals surface area contributed by atoms with E-state index in [2.05, 4.69) is 10.5 Å². The van der Waals surface area contributed by atoms with Gasteiger partial charge in [0.15, 0.2) is 5.82 Å². The Morgan fingerprint density at radius 3 is 2.65 bits per heavy atom. The zero-order chi connectivity index (χ0) is 12.3. The molecule has 5 nitrogen and oxygen atoms in total. The van der Waals surface area contributed by atoms with Gasteiger partial charge < -0.3 is 0 Å². The molecule has 1 aromatic carbocycles. The van der Waals surface area contributed by atoms with Gasteiger partial charge in [0, 0.05) is 6.54 Å². The highest BCUT2D eigenvalue weighted by molar-refractivity contribution is 5.42. The third kappa shape index (κ3) is 2.38. The molecule has 0 aliphatic carbocycles. The molecule has 1 N–H and O–H groups in total. The van der Waals surface area contributed by atoms with Crippen molar-refractivity contribution in [3.8, 4) is 0 Å². The molecule has 2 rings (SSSR count). The van der Waals surface area contributed by atoms with Crippen LogP contribution in [-0.2, 0) is 6.54 Å².